The van der Waals surface area contributed by atoms with Crippen molar-refractivity contribution < 1.29 is 17.6 Å². The van der Waals surface area contributed by atoms with Crippen molar-refractivity contribution in [1.29, 1.82) is 0 Å². The Hall–Kier alpha value is -2.90. The number of hydrogen-bond donors (Lipinski definition) is 2. The normalized spacial score (nSPS) is 11.3. The lowest BCUT2D eigenvalue weighted by Crippen LogP contribution is -2.23. The molecule has 0 fully saturated rings. The Bertz CT molecular complexity index is 1010. The minimum Gasteiger partial charge on any atom is -0.459 e. The van der Waals surface area contributed by atoms with Gasteiger partial charge < -0.3 is 9.73 Å². The third-order valence-corrected chi connectivity index (χ3v) is 5.61. The van der Waals surface area contributed by atoms with Crippen molar-refractivity contribution in [3.8, 4) is 0 Å². The van der Waals surface area contributed by atoms with Crippen molar-refractivity contribution in [3.63, 3.8) is 0 Å². The van der Waals surface area contributed by atoms with Crippen LogP contribution in [-0.2, 0) is 23.0 Å². The Morgan fingerprint density at radius 2 is 1.64 bits per heavy atom. The summed E-state index contributed by atoms with van der Waals surface area (Å²) in [5.41, 5.74) is 2.50. The molecule has 6 nitrogen and oxygen atoms in total. The largest absolute Gasteiger partial charge is 0.459 e. The maximum absolute atomic E-state index is 12.4. The van der Waals surface area contributed by atoms with Gasteiger partial charge in [-0.3, -0.25) is 4.79 Å². The van der Waals surface area contributed by atoms with Gasteiger partial charge in [0.25, 0.3) is 5.91 Å². The summed E-state index contributed by atoms with van der Waals surface area (Å²) in [6.07, 6.45) is 3.38. The van der Waals surface area contributed by atoms with Gasteiger partial charge in [0.1, 0.15) is 0 Å². The van der Waals surface area contributed by atoms with E-state index in [1.165, 1.54) is 6.26 Å². The Balaban J connectivity index is 1.58. The second kappa shape index (κ2) is 8.86. The summed E-state index contributed by atoms with van der Waals surface area (Å²) in [5.74, 6) is -0.119. The molecule has 28 heavy (non-hydrogen) atoms. The molecule has 0 aliphatic carbocycles. The van der Waals surface area contributed by atoms with Crippen molar-refractivity contribution in [3.05, 3.63) is 83.8 Å². The average molecular weight is 398 g/mol. The van der Waals surface area contributed by atoms with Gasteiger partial charge in [0, 0.05) is 12.2 Å². The number of benzene rings is 2. The zero-order chi connectivity index (χ0) is 20.0. The first-order valence-electron chi connectivity index (χ1n) is 9.00. The molecule has 0 radical (unpaired) electrons. The van der Waals surface area contributed by atoms with Crippen LogP contribution in [0.3, 0.4) is 0 Å². The summed E-state index contributed by atoms with van der Waals surface area (Å²) in [4.78, 5) is 12.2. The van der Waals surface area contributed by atoms with E-state index in [-0.39, 0.29) is 23.1 Å². The van der Waals surface area contributed by atoms with Gasteiger partial charge in [-0.05, 0) is 53.9 Å². The summed E-state index contributed by atoms with van der Waals surface area (Å²) < 4.78 is 32.5. The van der Waals surface area contributed by atoms with E-state index in [0.29, 0.717) is 5.69 Å². The van der Waals surface area contributed by atoms with Crippen LogP contribution >= 0.6 is 0 Å². The second-order valence-corrected chi connectivity index (χ2v) is 8.11. The van der Waals surface area contributed by atoms with Crippen molar-refractivity contribution in [2.45, 2.75) is 31.2 Å². The number of carbonyl (C=O) groups excluding carboxylic acids is 1. The second-order valence-electron chi connectivity index (χ2n) is 6.35. The monoisotopic (exact) mass is 398 g/mol. The molecular formula is C21H22N2O4S. The van der Waals surface area contributed by atoms with Gasteiger partial charge in [-0.15, -0.1) is 0 Å². The molecule has 0 aliphatic rings. The van der Waals surface area contributed by atoms with Crippen LogP contribution in [0.15, 0.2) is 76.2 Å². The SMILES string of the molecule is CCCc1ccc(S(=O)(=O)NCc2ccc(NC(=O)c3ccco3)cc2)cc1. The number of nitrogens with one attached hydrogen (secondary N) is 2. The molecule has 2 aromatic carbocycles. The highest BCUT2D eigenvalue weighted by atomic mass is 32.2. The summed E-state index contributed by atoms with van der Waals surface area (Å²) >= 11 is 0. The fraction of sp³-hybridized carbons (Fsp3) is 0.190. The molecule has 7 heteroatoms. The Kier molecular flexibility index (Phi) is 6.28. The first kappa shape index (κ1) is 19.9. The number of rotatable bonds is 8. The van der Waals surface area contributed by atoms with Crippen LogP contribution in [0.25, 0.3) is 0 Å². The third kappa shape index (κ3) is 5.09. The third-order valence-electron chi connectivity index (χ3n) is 4.20. The van der Waals surface area contributed by atoms with Gasteiger partial charge in [0.05, 0.1) is 11.2 Å². The topological polar surface area (TPSA) is 88.4 Å². The van der Waals surface area contributed by atoms with Crippen LogP contribution in [0.1, 0.15) is 35.0 Å². The predicted octanol–water partition coefficient (Wildman–Crippen LogP) is 3.96. The zero-order valence-electron chi connectivity index (χ0n) is 15.5. The number of hydrogen-bond acceptors (Lipinski definition) is 4. The molecule has 2 N–H and O–H groups in total. The van der Waals surface area contributed by atoms with Gasteiger partial charge in [-0.2, -0.15) is 0 Å². The standard InChI is InChI=1S/C21H22N2O4S/c1-2-4-16-8-12-19(13-9-16)28(25,26)22-15-17-6-10-18(11-7-17)23-21(24)20-5-3-14-27-20/h3,5-14,22H,2,4,15H2,1H3,(H,23,24). The molecule has 1 heterocycles. The maximum atomic E-state index is 12.4. The summed E-state index contributed by atoms with van der Waals surface area (Å²) in [6.45, 7) is 2.24. The molecular weight excluding hydrogens is 376 g/mol. The summed E-state index contributed by atoms with van der Waals surface area (Å²) in [7, 11) is -3.58. The molecule has 3 rings (SSSR count). The predicted molar refractivity (Wildman–Crippen MR) is 108 cm³/mol. The first-order valence-corrected chi connectivity index (χ1v) is 10.5. The lowest BCUT2D eigenvalue weighted by molar-refractivity contribution is 0.0996. The number of carbonyl (C=O) groups is 1. The van der Waals surface area contributed by atoms with Gasteiger partial charge >= 0.3 is 0 Å². The van der Waals surface area contributed by atoms with Gasteiger partial charge in [-0.25, -0.2) is 13.1 Å². The highest BCUT2D eigenvalue weighted by Crippen LogP contribution is 2.14. The van der Waals surface area contributed by atoms with E-state index in [9.17, 15) is 13.2 Å². The van der Waals surface area contributed by atoms with Crippen LogP contribution < -0.4 is 10.0 Å². The van der Waals surface area contributed by atoms with E-state index in [1.807, 2.05) is 12.1 Å². The number of anilines is 1. The highest BCUT2D eigenvalue weighted by Gasteiger charge is 2.14. The minimum absolute atomic E-state index is 0.158. The fourth-order valence-electron chi connectivity index (χ4n) is 2.69. The van der Waals surface area contributed by atoms with E-state index in [0.717, 1.165) is 24.0 Å². The zero-order valence-corrected chi connectivity index (χ0v) is 16.3. The summed E-state index contributed by atoms with van der Waals surface area (Å²) in [6, 6.07) is 17.1. The van der Waals surface area contributed by atoms with Crippen LogP contribution in [-0.4, -0.2) is 14.3 Å². The maximum Gasteiger partial charge on any atom is 0.291 e. The molecule has 0 saturated heterocycles. The van der Waals surface area contributed by atoms with E-state index in [1.54, 1.807) is 48.5 Å². The molecule has 0 saturated carbocycles. The van der Waals surface area contributed by atoms with Gasteiger partial charge in [-0.1, -0.05) is 37.6 Å². The Morgan fingerprint density at radius 1 is 0.964 bits per heavy atom. The minimum atomic E-state index is -3.58. The fourth-order valence-corrected chi connectivity index (χ4v) is 3.71. The summed E-state index contributed by atoms with van der Waals surface area (Å²) in [5, 5.41) is 2.71. The molecule has 0 bridgehead atoms. The van der Waals surface area contributed by atoms with Crippen molar-refractivity contribution in [2.75, 3.05) is 5.32 Å². The van der Waals surface area contributed by atoms with Crippen molar-refractivity contribution in [1.82, 2.24) is 4.72 Å². The first-order chi connectivity index (χ1) is 13.5. The molecule has 1 amide bonds. The number of furan rings is 1. The molecule has 146 valence electrons. The average Bonchev–Trinajstić information content (AvgIpc) is 3.23. The number of sulfonamides is 1. The molecule has 0 unspecified atom stereocenters. The highest BCUT2D eigenvalue weighted by molar-refractivity contribution is 7.89. The van der Waals surface area contributed by atoms with E-state index < -0.39 is 10.0 Å². The molecule has 0 atom stereocenters. The number of amides is 1. The van der Waals surface area contributed by atoms with E-state index in [4.69, 9.17) is 4.42 Å². The van der Waals surface area contributed by atoms with Gasteiger partial charge in [0.2, 0.25) is 10.0 Å². The molecule has 1 aromatic heterocycles. The molecule has 0 aliphatic heterocycles. The van der Waals surface area contributed by atoms with Crippen LogP contribution in [0, 0.1) is 0 Å². The van der Waals surface area contributed by atoms with Crippen LogP contribution in [0.5, 0.6) is 0 Å². The van der Waals surface area contributed by atoms with Crippen LogP contribution in [0.4, 0.5) is 5.69 Å². The van der Waals surface area contributed by atoms with Crippen molar-refractivity contribution >= 4 is 21.6 Å². The molecule has 3 aromatic rings. The number of aryl methyl sites for hydroxylation is 1. The molecule has 0 spiro atoms. The Labute approximate surface area is 164 Å². The van der Waals surface area contributed by atoms with Crippen molar-refractivity contribution in [2.24, 2.45) is 0 Å². The lowest BCUT2D eigenvalue weighted by Gasteiger charge is -2.09. The smallest absolute Gasteiger partial charge is 0.291 e. The quantitative estimate of drug-likeness (QED) is 0.601. The van der Waals surface area contributed by atoms with E-state index >= 15 is 0 Å². The van der Waals surface area contributed by atoms with Gasteiger partial charge in [0.15, 0.2) is 5.76 Å². The lowest BCUT2D eigenvalue weighted by atomic mass is 10.1. The van der Waals surface area contributed by atoms with Crippen LogP contribution in [0.2, 0.25) is 0 Å². The Morgan fingerprint density at radius 3 is 2.25 bits per heavy atom. The van der Waals surface area contributed by atoms with E-state index in [2.05, 4.69) is 17.0 Å².